The second kappa shape index (κ2) is 6.08. The molecule has 22 heavy (non-hydrogen) atoms. The highest BCUT2D eigenvalue weighted by molar-refractivity contribution is 7.71. The van der Waals surface area contributed by atoms with Gasteiger partial charge in [-0.25, -0.2) is 0 Å². The van der Waals surface area contributed by atoms with E-state index in [0.717, 1.165) is 23.1 Å². The van der Waals surface area contributed by atoms with Crippen LogP contribution >= 0.6 is 23.8 Å². The molecule has 0 aliphatic carbocycles. The summed E-state index contributed by atoms with van der Waals surface area (Å²) in [6.45, 7) is 1.10. The summed E-state index contributed by atoms with van der Waals surface area (Å²) >= 11 is 11.4. The van der Waals surface area contributed by atoms with E-state index in [0.29, 0.717) is 28.4 Å². The Morgan fingerprint density at radius 3 is 2.86 bits per heavy atom. The molecule has 0 saturated heterocycles. The van der Waals surface area contributed by atoms with E-state index in [1.165, 1.54) is 0 Å². The molecule has 0 radical (unpaired) electrons. The minimum atomic E-state index is -0.209. The number of halogens is 1. The molecule has 7 heteroatoms. The van der Waals surface area contributed by atoms with E-state index in [1.807, 2.05) is 28.8 Å². The van der Waals surface area contributed by atoms with Crippen LogP contribution in [0.5, 0.6) is 0 Å². The Morgan fingerprint density at radius 1 is 1.27 bits per heavy atom. The van der Waals surface area contributed by atoms with E-state index >= 15 is 0 Å². The monoisotopic (exact) mass is 334 g/mol. The van der Waals surface area contributed by atoms with Crippen molar-refractivity contribution in [2.24, 2.45) is 5.73 Å². The third kappa shape index (κ3) is 2.72. The lowest BCUT2D eigenvalue weighted by Crippen LogP contribution is -2.15. The van der Waals surface area contributed by atoms with Gasteiger partial charge in [0.15, 0.2) is 4.77 Å². The first-order chi connectivity index (χ1) is 10.6. The fourth-order valence-electron chi connectivity index (χ4n) is 2.57. The molecule has 4 N–H and O–H groups in total. The van der Waals surface area contributed by atoms with Gasteiger partial charge in [-0.05, 0) is 54.5 Å². The normalized spacial score (nSPS) is 11.2. The maximum Gasteiger partial charge on any atom is 0.276 e. The molecule has 1 aromatic carbocycles. The average molecular weight is 335 g/mol. The smallest absolute Gasteiger partial charge is 0.276 e. The van der Waals surface area contributed by atoms with Gasteiger partial charge in [-0.15, -0.1) is 0 Å². The second-order valence-electron chi connectivity index (χ2n) is 5.04. The summed E-state index contributed by atoms with van der Waals surface area (Å²) in [6.07, 6.45) is 2.47. The largest absolute Gasteiger partial charge is 0.355 e. The van der Waals surface area contributed by atoms with Crippen LogP contribution in [0.25, 0.3) is 11.0 Å². The van der Waals surface area contributed by atoms with Gasteiger partial charge in [-0.2, -0.15) is 0 Å². The molecule has 3 aromatic rings. The van der Waals surface area contributed by atoms with Crippen LogP contribution in [-0.2, 0) is 13.0 Å². The lowest BCUT2D eigenvalue weighted by molar-refractivity contribution is 0.770. The van der Waals surface area contributed by atoms with Gasteiger partial charge in [0.25, 0.3) is 5.56 Å². The number of rotatable bonds is 4. The van der Waals surface area contributed by atoms with Crippen molar-refractivity contribution in [2.45, 2.75) is 13.0 Å². The zero-order valence-corrected chi connectivity index (χ0v) is 13.3. The van der Waals surface area contributed by atoms with E-state index < -0.39 is 0 Å². The Kier molecular flexibility index (Phi) is 4.15. The van der Waals surface area contributed by atoms with E-state index in [1.54, 1.807) is 6.20 Å². The van der Waals surface area contributed by atoms with Gasteiger partial charge >= 0.3 is 0 Å². The van der Waals surface area contributed by atoms with Crippen molar-refractivity contribution in [1.82, 2.24) is 14.5 Å². The van der Waals surface area contributed by atoms with Gasteiger partial charge in [-0.3, -0.25) is 9.78 Å². The lowest BCUT2D eigenvalue weighted by Gasteiger charge is -2.13. The standard InChI is InChI=1S/C15H15ClN4OS/c16-11-2-1-10(9(7-11)3-5-17)8-20-12-4-6-18-13(12)14(21)19-15(20)22/h1-2,4,6-7,18H,3,5,8,17H2,(H,19,21,22). The molecule has 0 fully saturated rings. The third-order valence-electron chi connectivity index (χ3n) is 3.62. The van der Waals surface area contributed by atoms with Crippen LogP contribution in [0.2, 0.25) is 5.02 Å². The quantitative estimate of drug-likeness (QED) is 0.642. The minimum absolute atomic E-state index is 0.209. The first-order valence-corrected chi connectivity index (χ1v) is 7.66. The van der Waals surface area contributed by atoms with Crippen LogP contribution in [-0.4, -0.2) is 21.1 Å². The number of benzene rings is 1. The van der Waals surface area contributed by atoms with Gasteiger partial charge in [0.2, 0.25) is 0 Å². The van der Waals surface area contributed by atoms with Crippen LogP contribution in [0.15, 0.2) is 35.3 Å². The van der Waals surface area contributed by atoms with Crippen molar-refractivity contribution >= 4 is 34.9 Å². The maximum atomic E-state index is 11.9. The van der Waals surface area contributed by atoms with Crippen LogP contribution < -0.4 is 11.3 Å². The van der Waals surface area contributed by atoms with Crippen LogP contribution in [0.1, 0.15) is 11.1 Å². The highest BCUT2D eigenvalue weighted by Gasteiger charge is 2.09. The zero-order valence-electron chi connectivity index (χ0n) is 11.7. The first kappa shape index (κ1) is 15.0. The van der Waals surface area contributed by atoms with E-state index in [9.17, 15) is 4.79 Å². The molecule has 2 heterocycles. The molecule has 0 spiro atoms. The second-order valence-corrected chi connectivity index (χ2v) is 5.86. The van der Waals surface area contributed by atoms with Crippen molar-refractivity contribution in [3.63, 3.8) is 0 Å². The molecule has 3 rings (SSSR count). The molecule has 0 bridgehead atoms. The molecular weight excluding hydrogens is 320 g/mol. The molecule has 0 aliphatic heterocycles. The van der Waals surface area contributed by atoms with Gasteiger partial charge < -0.3 is 15.3 Å². The molecular formula is C15H15ClN4OS. The SMILES string of the molecule is NCCc1cc(Cl)ccc1Cn1c(=S)[nH]c(=O)c2[nH]ccc21. The number of H-pyrrole nitrogens is 2. The molecule has 2 aromatic heterocycles. The topological polar surface area (TPSA) is 79.6 Å². The van der Waals surface area contributed by atoms with Crippen molar-refractivity contribution in [1.29, 1.82) is 0 Å². The Morgan fingerprint density at radius 2 is 2.09 bits per heavy atom. The number of hydrogen-bond acceptors (Lipinski definition) is 3. The Balaban J connectivity index is 2.13. The Hall–Kier alpha value is -1.89. The summed E-state index contributed by atoms with van der Waals surface area (Å²) in [5.74, 6) is 0. The molecule has 114 valence electrons. The summed E-state index contributed by atoms with van der Waals surface area (Å²) in [5.41, 5.74) is 8.93. The fraction of sp³-hybridized carbons (Fsp3) is 0.200. The van der Waals surface area contributed by atoms with E-state index in [-0.39, 0.29) is 5.56 Å². The molecule has 0 atom stereocenters. The molecule has 0 aliphatic rings. The van der Waals surface area contributed by atoms with Gasteiger partial charge in [-0.1, -0.05) is 17.7 Å². The van der Waals surface area contributed by atoms with Gasteiger partial charge in [0.05, 0.1) is 12.1 Å². The van der Waals surface area contributed by atoms with Gasteiger partial charge in [0, 0.05) is 11.2 Å². The van der Waals surface area contributed by atoms with Crippen LogP contribution in [0.4, 0.5) is 0 Å². The Labute approximate surface area is 136 Å². The summed E-state index contributed by atoms with van der Waals surface area (Å²) in [7, 11) is 0. The maximum absolute atomic E-state index is 11.9. The number of aromatic amines is 2. The summed E-state index contributed by atoms with van der Waals surface area (Å²) in [6, 6.07) is 7.59. The number of aromatic nitrogens is 3. The number of nitrogens with zero attached hydrogens (tertiary/aromatic N) is 1. The molecule has 0 amide bonds. The Bertz CT molecular complexity index is 941. The molecule has 0 saturated carbocycles. The van der Waals surface area contributed by atoms with Gasteiger partial charge in [0.1, 0.15) is 5.52 Å². The van der Waals surface area contributed by atoms with Crippen molar-refractivity contribution in [2.75, 3.05) is 6.54 Å². The first-order valence-electron chi connectivity index (χ1n) is 6.87. The number of nitrogens with one attached hydrogen (secondary N) is 2. The van der Waals surface area contributed by atoms with E-state index in [2.05, 4.69) is 9.97 Å². The predicted molar refractivity (Wildman–Crippen MR) is 91.1 cm³/mol. The third-order valence-corrected chi connectivity index (χ3v) is 4.18. The van der Waals surface area contributed by atoms with Crippen molar-refractivity contribution in [3.8, 4) is 0 Å². The molecule has 0 unspecified atom stereocenters. The van der Waals surface area contributed by atoms with Crippen molar-refractivity contribution in [3.05, 3.63) is 61.7 Å². The number of nitrogens with two attached hydrogens (primary N) is 1. The average Bonchev–Trinajstić information content (AvgIpc) is 2.95. The highest BCUT2D eigenvalue weighted by Crippen LogP contribution is 2.19. The van der Waals surface area contributed by atoms with E-state index in [4.69, 9.17) is 29.6 Å². The minimum Gasteiger partial charge on any atom is -0.355 e. The summed E-state index contributed by atoms with van der Waals surface area (Å²) in [4.78, 5) is 17.5. The van der Waals surface area contributed by atoms with Crippen LogP contribution in [0, 0.1) is 4.77 Å². The fourth-order valence-corrected chi connectivity index (χ4v) is 3.02. The summed E-state index contributed by atoms with van der Waals surface area (Å²) in [5, 5.41) is 0.684. The number of fused-ring (bicyclic) bond motifs is 1. The van der Waals surface area contributed by atoms with Crippen LogP contribution in [0.3, 0.4) is 0 Å². The molecule has 5 nitrogen and oxygen atoms in total. The van der Waals surface area contributed by atoms with Crippen molar-refractivity contribution < 1.29 is 0 Å². The zero-order chi connectivity index (χ0) is 15.7. The predicted octanol–water partition coefficient (Wildman–Crippen LogP) is 2.59. The highest BCUT2D eigenvalue weighted by atomic mass is 35.5. The lowest BCUT2D eigenvalue weighted by atomic mass is 10.0. The summed E-state index contributed by atoms with van der Waals surface area (Å²) < 4.78 is 2.29. The number of hydrogen-bond donors (Lipinski definition) is 3.